The molecule has 18 heavy (non-hydrogen) atoms. The maximum Gasteiger partial charge on any atom is 0.328 e. The quantitative estimate of drug-likeness (QED) is 0.637. The molecule has 1 aromatic rings. The van der Waals surface area contributed by atoms with Crippen LogP contribution in [0.1, 0.15) is 19.6 Å². The van der Waals surface area contributed by atoms with Gasteiger partial charge in [0.1, 0.15) is 11.8 Å². The molecule has 0 saturated carbocycles. The monoisotopic (exact) mass is 251 g/mol. The van der Waals surface area contributed by atoms with Gasteiger partial charge in [-0.25, -0.2) is 4.79 Å². The first-order valence-corrected chi connectivity index (χ1v) is 5.64. The fourth-order valence-corrected chi connectivity index (χ4v) is 1.37. The van der Waals surface area contributed by atoms with Crippen LogP contribution in [0.4, 0.5) is 0 Å². The SMILES string of the molecule is COC(=O)[C@@H](NC(=O)C=Cc1ccco1)C(C)C. The standard InChI is InChI=1S/C13H17NO4/c1-9(2)12(13(16)17-3)14-11(15)7-6-10-5-4-8-18-10/h4-9,12H,1-3H3,(H,14,15)/t12-/m0/s1. The molecule has 1 rings (SSSR count). The minimum Gasteiger partial charge on any atom is -0.467 e. The number of hydrogen-bond acceptors (Lipinski definition) is 4. The Kier molecular flexibility index (Phi) is 5.17. The zero-order valence-corrected chi connectivity index (χ0v) is 10.7. The third kappa shape index (κ3) is 4.08. The molecule has 1 heterocycles. The van der Waals surface area contributed by atoms with Crippen LogP contribution in [0.25, 0.3) is 6.08 Å². The number of methoxy groups -OCH3 is 1. The highest BCUT2D eigenvalue weighted by Gasteiger charge is 2.23. The summed E-state index contributed by atoms with van der Waals surface area (Å²) in [6.45, 7) is 3.66. The largest absolute Gasteiger partial charge is 0.467 e. The molecule has 5 nitrogen and oxygen atoms in total. The molecule has 0 spiro atoms. The third-order valence-corrected chi connectivity index (χ3v) is 2.36. The van der Waals surface area contributed by atoms with E-state index in [1.54, 1.807) is 12.1 Å². The molecular formula is C13H17NO4. The van der Waals surface area contributed by atoms with Crippen LogP contribution in [0.2, 0.25) is 0 Å². The summed E-state index contributed by atoms with van der Waals surface area (Å²) in [7, 11) is 1.29. The van der Waals surface area contributed by atoms with Crippen molar-refractivity contribution in [2.45, 2.75) is 19.9 Å². The van der Waals surface area contributed by atoms with Crippen LogP contribution < -0.4 is 5.32 Å². The topological polar surface area (TPSA) is 68.5 Å². The zero-order chi connectivity index (χ0) is 13.5. The van der Waals surface area contributed by atoms with E-state index in [9.17, 15) is 9.59 Å². The number of carbonyl (C=O) groups is 2. The van der Waals surface area contributed by atoms with Gasteiger partial charge in [0, 0.05) is 6.08 Å². The Labute approximate surface area is 106 Å². The Bertz CT molecular complexity index is 420. The first-order valence-electron chi connectivity index (χ1n) is 5.64. The van der Waals surface area contributed by atoms with Crippen molar-refractivity contribution in [3.8, 4) is 0 Å². The van der Waals surface area contributed by atoms with Crippen molar-refractivity contribution in [3.63, 3.8) is 0 Å². The summed E-state index contributed by atoms with van der Waals surface area (Å²) in [6, 6.07) is 2.80. The van der Waals surface area contributed by atoms with Crippen molar-refractivity contribution in [1.82, 2.24) is 5.32 Å². The first kappa shape index (κ1) is 14.0. The summed E-state index contributed by atoms with van der Waals surface area (Å²) in [6.07, 6.45) is 4.37. The minimum atomic E-state index is -0.649. The number of rotatable bonds is 5. The molecule has 0 aromatic carbocycles. The fourth-order valence-electron chi connectivity index (χ4n) is 1.37. The van der Waals surface area contributed by atoms with E-state index in [-0.39, 0.29) is 11.8 Å². The average molecular weight is 251 g/mol. The molecule has 0 fully saturated rings. The van der Waals surface area contributed by atoms with Crippen LogP contribution in [0.3, 0.4) is 0 Å². The van der Waals surface area contributed by atoms with Gasteiger partial charge in [-0.05, 0) is 24.1 Å². The van der Waals surface area contributed by atoms with Gasteiger partial charge in [0.25, 0.3) is 0 Å². The maximum absolute atomic E-state index is 11.6. The number of esters is 1. The number of hydrogen-bond donors (Lipinski definition) is 1. The number of carbonyl (C=O) groups excluding carboxylic acids is 2. The molecule has 0 unspecified atom stereocenters. The predicted octanol–water partition coefficient (Wildman–Crippen LogP) is 1.61. The van der Waals surface area contributed by atoms with Gasteiger partial charge in [0.2, 0.25) is 5.91 Å². The summed E-state index contributed by atoms with van der Waals surface area (Å²) in [4.78, 5) is 23.1. The van der Waals surface area contributed by atoms with Crippen LogP contribution in [0, 0.1) is 5.92 Å². The van der Waals surface area contributed by atoms with Gasteiger partial charge in [-0.3, -0.25) is 4.79 Å². The van der Waals surface area contributed by atoms with Gasteiger partial charge in [-0.2, -0.15) is 0 Å². The molecule has 1 aromatic heterocycles. The number of amides is 1. The lowest BCUT2D eigenvalue weighted by Gasteiger charge is -2.18. The van der Waals surface area contributed by atoms with Crippen molar-refractivity contribution < 1.29 is 18.7 Å². The van der Waals surface area contributed by atoms with Crippen molar-refractivity contribution in [1.29, 1.82) is 0 Å². The van der Waals surface area contributed by atoms with Gasteiger partial charge < -0.3 is 14.5 Å². The summed E-state index contributed by atoms with van der Waals surface area (Å²) in [5.41, 5.74) is 0. The van der Waals surface area contributed by atoms with E-state index >= 15 is 0 Å². The van der Waals surface area contributed by atoms with Crippen molar-refractivity contribution in [3.05, 3.63) is 30.2 Å². The fraction of sp³-hybridized carbons (Fsp3) is 0.385. The number of ether oxygens (including phenoxy) is 1. The Hall–Kier alpha value is -2.04. The van der Waals surface area contributed by atoms with E-state index in [2.05, 4.69) is 10.1 Å². The molecule has 0 radical (unpaired) electrons. The van der Waals surface area contributed by atoms with Crippen LogP contribution in [0.5, 0.6) is 0 Å². The Balaban J connectivity index is 2.59. The normalized spacial score (nSPS) is 12.7. The van der Waals surface area contributed by atoms with Crippen LogP contribution >= 0.6 is 0 Å². The van der Waals surface area contributed by atoms with Gasteiger partial charge in [0.15, 0.2) is 0 Å². The smallest absolute Gasteiger partial charge is 0.328 e. The number of furan rings is 1. The first-order chi connectivity index (χ1) is 8.54. The summed E-state index contributed by atoms with van der Waals surface area (Å²) >= 11 is 0. The summed E-state index contributed by atoms with van der Waals surface area (Å²) < 4.78 is 9.68. The van der Waals surface area contributed by atoms with Gasteiger partial charge >= 0.3 is 5.97 Å². The second-order valence-electron chi connectivity index (χ2n) is 4.10. The summed E-state index contributed by atoms with van der Waals surface area (Å²) in [5.74, 6) is -0.289. The minimum absolute atomic E-state index is 0.0431. The van der Waals surface area contributed by atoms with E-state index in [4.69, 9.17) is 4.42 Å². The van der Waals surface area contributed by atoms with Crippen LogP contribution in [-0.4, -0.2) is 25.0 Å². The molecule has 5 heteroatoms. The Morgan fingerprint density at radius 2 is 2.17 bits per heavy atom. The van der Waals surface area contributed by atoms with Gasteiger partial charge in [-0.15, -0.1) is 0 Å². The lowest BCUT2D eigenvalue weighted by molar-refractivity contribution is -0.145. The van der Waals surface area contributed by atoms with Gasteiger partial charge in [0.05, 0.1) is 13.4 Å². The number of nitrogens with one attached hydrogen (secondary N) is 1. The molecule has 1 N–H and O–H groups in total. The highest BCUT2D eigenvalue weighted by atomic mass is 16.5. The average Bonchev–Trinajstić information content (AvgIpc) is 2.85. The van der Waals surface area contributed by atoms with E-state index in [1.165, 1.54) is 25.5 Å². The lowest BCUT2D eigenvalue weighted by atomic mass is 10.0. The molecule has 0 aliphatic carbocycles. The highest BCUT2D eigenvalue weighted by molar-refractivity contribution is 5.94. The zero-order valence-electron chi connectivity index (χ0n) is 10.7. The molecule has 98 valence electrons. The summed E-state index contributed by atoms with van der Waals surface area (Å²) in [5, 5.41) is 2.59. The van der Waals surface area contributed by atoms with Crippen LogP contribution in [-0.2, 0) is 14.3 Å². The lowest BCUT2D eigenvalue weighted by Crippen LogP contribution is -2.44. The predicted molar refractivity (Wildman–Crippen MR) is 66.5 cm³/mol. The maximum atomic E-state index is 11.6. The van der Waals surface area contributed by atoms with Crippen LogP contribution in [0.15, 0.2) is 28.9 Å². The van der Waals surface area contributed by atoms with E-state index in [0.717, 1.165) is 0 Å². The molecule has 1 amide bonds. The third-order valence-electron chi connectivity index (χ3n) is 2.36. The second kappa shape index (κ2) is 6.64. The van der Waals surface area contributed by atoms with E-state index < -0.39 is 12.0 Å². The molecular weight excluding hydrogens is 234 g/mol. The molecule has 0 aliphatic heterocycles. The Morgan fingerprint density at radius 1 is 1.44 bits per heavy atom. The van der Waals surface area contributed by atoms with Crippen molar-refractivity contribution in [2.75, 3.05) is 7.11 Å². The molecule has 0 bridgehead atoms. The van der Waals surface area contributed by atoms with E-state index in [1.807, 2.05) is 13.8 Å². The molecule has 0 aliphatic rings. The van der Waals surface area contributed by atoms with Crippen molar-refractivity contribution >= 4 is 18.0 Å². The van der Waals surface area contributed by atoms with Gasteiger partial charge in [-0.1, -0.05) is 13.8 Å². The van der Waals surface area contributed by atoms with Crippen molar-refractivity contribution in [2.24, 2.45) is 5.92 Å². The molecule has 0 saturated heterocycles. The Morgan fingerprint density at radius 3 is 2.67 bits per heavy atom. The molecule has 1 atom stereocenters. The highest BCUT2D eigenvalue weighted by Crippen LogP contribution is 2.05. The second-order valence-corrected chi connectivity index (χ2v) is 4.10. The van der Waals surface area contributed by atoms with E-state index in [0.29, 0.717) is 5.76 Å².